The van der Waals surface area contributed by atoms with Crippen LogP contribution in [-0.4, -0.2) is 6.54 Å². The molecule has 0 amide bonds. The van der Waals surface area contributed by atoms with Gasteiger partial charge in [0.05, 0.1) is 23.5 Å². The van der Waals surface area contributed by atoms with Gasteiger partial charge in [-0.05, 0) is 36.8 Å². The number of furan rings is 1. The Kier molecular flexibility index (Phi) is 4.28. The van der Waals surface area contributed by atoms with Crippen molar-refractivity contribution in [3.8, 4) is 0 Å². The Hall–Kier alpha value is -1.45. The van der Waals surface area contributed by atoms with E-state index >= 15 is 0 Å². The number of nitrogens with two attached hydrogens (primary N) is 1. The van der Waals surface area contributed by atoms with Crippen molar-refractivity contribution >= 4 is 17.3 Å². The van der Waals surface area contributed by atoms with Crippen LogP contribution in [0.3, 0.4) is 0 Å². The van der Waals surface area contributed by atoms with Crippen LogP contribution in [0, 0.1) is 0 Å². The second kappa shape index (κ2) is 5.94. The fourth-order valence-electron chi connectivity index (χ4n) is 1.89. The molecule has 0 fully saturated rings. The molecule has 1 heterocycles. The first-order valence-electron chi connectivity index (χ1n) is 6.00. The fourth-order valence-corrected chi connectivity index (χ4v) is 2.21. The molecule has 0 saturated carbocycles. The Morgan fingerprint density at radius 3 is 2.72 bits per heavy atom. The van der Waals surface area contributed by atoms with E-state index in [1.807, 2.05) is 30.3 Å². The standard InChI is InChI=1S/C14H17ClN2O/c1-2-17(10-12-4-3-7-18-12)14-6-5-11(9-16)8-13(14)15/h3-8H,2,9-10,16H2,1H3. The zero-order valence-electron chi connectivity index (χ0n) is 10.4. The highest BCUT2D eigenvalue weighted by Crippen LogP contribution is 2.28. The summed E-state index contributed by atoms with van der Waals surface area (Å²) in [6.07, 6.45) is 1.68. The minimum Gasteiger partial charge on any atom is -0.467 e. The van der Waals surface area contributed by atoms with Crippen molar-refractivity contribution in [3.63, 3.8) is 0 Å². The molecule has 4 heteroatoms. The Balaban J connectivity index is 2.22. The van der Waals surface area contributed by atoms with Crippen LogP contribution < -0.4 is 10.6 Å². The lowest BCUT2D eigenvalue weighted by Crippen LogP contribution is -2.22. The van der Waals surface area contributed by atoms with Gasteiger partial charge < -0.3 is 15.1 Å². The van der Waals surface area contributed by atoms with Crippen molar-refractivity contribution in [2.75, 3.05) is 11.4 Å². The van der Waals surface area contributed by atoms with Gasteiger partial charge >= 0.3 is 0 Å². The van der Waals surface area contributed by atoms with Gasteiger partial charge in [0.15, 0.2) is 0 Å². The zero-order chi connectivity index (χ0) is 13.0. The Morgan fingerprint density at radius 2 is 2.17 bits per heavy atom. The maximum absolute atomic E-state index is 6.29. The van der Waals surface area contributed by atoms with Crippen molar-refractivity contribution in [1.29, 1.82) is 0 Å². The van der Waals surface area contributed by atoms with Crippen LogP contribution in [-0.2, 0) is 13.1 Å². The molecule has 0 bridgehead atoms. The fraction of sp³-hybridized carbons (Fsp3) is 0.286. The van der Waals surface area contributed by atoms with Crippen LogP contribution in [0.1, 0.15) is 18.2 Å². The average molecular weight is 265 g/mol. The summed E-state index contributed by atoms with van der Waals surface area (Å²) in [5.41, 5.74) is 7.65. The summed E-state index contributed by atoms with van der Waals surface area (Å²) in [5, 5.41) is 0.728. The molecule has 18 heavy (non-hydrogen) atoms. The van der Waals surface area contributed by atoms with E-state index in [9.17, 15) is 0 Å². The second-order valence-electron chi connectivity index (χ2n) is 4.08. The van der Waals surface area contributed by atoms with E-state index in [-0.39, 0.29) is 0 Å². The summed E-state index contributed by atoms with van der Waals surface area (Å²) in [4.78, 5) is 2.17. The van der Waals surface area contributed by atoms with E-state index in [1.54, 1.807) is 6.26 Å². The van der Waals surface area contributed by atoms with E-state index in [0.29, 0.717) is 13.1 Å². The normalized spacial score (nSPS) is 10.6. The molecule has 2 N–H and O–H groups in total. The van der Waals surface area contributed by atoms with E-state index in [0.717, 1.165) is 28.6 Å². The third-order valence-corrected chi connectivity index (χ3v) is 3.20. The zero-order valence-corrected chi connectivity index (χ0v) is 11.2. The van der Waals surface area contributed by atoms with Crippen molar-refractivity contribution in [3.05, 3.63) is 52.9 Å². The maximum atomic E-state index is 6.29. The summed E-state index contributed by atoms with van der Waals surface area (Å²) in [5.74, 6) is 0.927. The third kappa shape index (κ3) is 2.86. The predicted molar refractivity (Wildman–Crippen MR) is 74.8 cm³/mol. The predicted octanol–water partition coefficient (Wildman–Crippen LogP) is 3.42. The number of rotatable bonds is 5. The lowest BCUT2D eigenvalue weighted by atomic mass is 10.2. The van der Waals surface area contributed by atoms with E-state index in [4.69, 9.17) is 21.8 Å². The molecule has 0 radical (unpaired) electrons. The van der Waals surface area contributed by atoms with E-state index in [1.165, 1.54) is 0 Å². The summed E-state index contributed by atoms with van der Waals surface area (Å²) >= 11 is 6.29. The first-order chi connectivity index (χ1) is 8.74. The molecule has 2 aromatic rings. The largest absolute Gasteiger partial charge is 0.467 e. The highest BCUT2D eigenvalue weighted by Gasteiger charge is 2.11. The minimum atomic E-state index is 0.504. The lowest BCUT2D eigenvalue weighted by Gasteiger charge is -2.23. The van der Waals surface area contributed by atoms with Gasteiger partial charge in [-0.15, -0.1) is 0 Å². The number of nitrogens with zero attached hydrogens (tertiary/aromatic N) is 1. The van der Waals surface area contributed by atoms with Crippen LogP contribution in [0.15, 0.2) is 41.0 Å². The van der Waals surface area contributed by atoms with Crippen LogP contribution in [0.25, 0.3) is 0 Å². The summed E-state index contributed by atoms with van der Waals surface area (Å²) in [6.45, 7) is 4.17. The first kappa shape index (κ1) is 13.0. The molecule has 2 rings (SSSR count). The quantitative estimate of drug-likeness (QED) is 0.900. The Bertz CT molecular complexity index is 497. The Morgan fingerprint density at radius 1 is 1.33 bits per heavy atom. The van der Waals surface area contributed by atoms with Gasteiger partial charge in [0.25, 0.3) is 0 Å². The monoisotopic (exact) mass is 264 g/mol. The molecule has 1 aromatic carbocycles. The molecule has 0 spiro atoms. The summed E-state index contributed by atoms with van der Waals surface area (Å²) in [7, 11) is 0. The second-order valence-corrected chi connectivity index (χ2v) is 4.49. The minimum absolute atomic E-state index is 0.504. The molecule has 0 saturated heterocycles. The molecule has 0 unspecified atom stereocenters. The molecule has 96 valence electrons. The number of anilines is 1. The molecular weight excluding hydrogens is 248 g/mol. The van der Waals surface area contributed by atoms with Gasteiger partial charge in [0, 0.05) is 13.1 Å². The lowest BCUT2D eigenvalue weighted by molar-refractivity contribution is 0.503. The molecule has 0 aliphatic rings. The summed E-state index contributed by atoms with van der Waals surface area (Å²) in [6, 6.07) is 9.79. The topological polar surface area (TPSA) is 42.4 Å². The van der Waals surface area contributed by atoms with Gasteiger partial charge in [0.1, 0.15) is 5.76 Å². The number of hydrogen-bond acceptors (Lipinski definition) is 3. The molecule has 1 aromatic heterocycles. The van der Waals surface area contributed by atoms with Gasteiger partial charge in [-0.2, -0.15) is 0 Å². The van der Waals surface area contributed by atoms with Gasteiger partial charge in [-0.3, -0.25) is 0 Å². The average Bonchev–Trinajstić information content (AvgIpc) is 2.89. The molecular formula is C14H17ClN2O. The Labute approximate surface area is 112 Å². The number of halogens is 1. The van der Waals surface area contributed by atoms with Gasteiger partial charge in [-0.1, -0.05) is 17.7 Å². The van der Waals surface area contributed by atoms with Gasteiger partial charge in [-0.25, -0.2) is 0 Å². The first-order valence-corrected chi connectivity index (χ1v) is 6.38. The SMILES string of the molecule is CCN(Cc1ccco1)c1ccc(CN)cc1Cl. The molecule has 3 nitrogen and oxygen atoms in total. The smallest absolute Gasteiger partial charge is 0.123 e. The molecule has 0 aliphatic carbocycles. The number of hydrogen-bond donors (Lipinski definition) is 1. The van der Waals surface area contributed by atoms with Crippen LogP contribution >= 0.6 is 11.6 Å². The maximum Gasteiger partial charge on any atom is 0.123 e. The van der Waals surface area contributed by atoms with Crippen molar-refractivity contribution in [2.24, 2.45) is 5.73 Å². The van der Waals surface area contributed by atoms with Crippen LogP contribution in [0.5, 0.6) is 0 Å². The van der Waals surface area contributed by atoms with Crippen molar-refractivity contribution in [1.82, 2.24) is 0 Å². The molecule has 0 aliphatic heterocycles. The molecule has 0 atom stereocenters. The number of benzene rings is 1. The highest BCUT2D eigenvalue weighted by atomic mass is 35.5. The van der Waals surface area contributed by atoms with E-state index in [2.05, 4.69) is 11.8 Å². The van der Waals surface area contributed by atoms with Gasteiger partial charge in [0.2, 0.25) is 0 Å². The third-order valence-electron chi connectivity index (χ3n) is 2.90. The summed E-state index contributed by atoms with van der Waals surface area (Å²) < 4.78 is 5.37. The van der Waals surface area contributed by atoms with Crippen LogP contribution in [0.2, 0.25) is 5.02 Å². The highest BCUT2D eigenvalue weighted by molar-refractivity contribution is 6.33. The van der Waals surface area contributed by atoms with Crippen LogP contribution in [0.4, 0.5) is 5.69 Å². The van der Waals surface area contributed by atoms with E-state index < -0.39 is 0 Å². The van der Waals surface area contributed by atoms with Crippen molar-refractivity contribution < 1.29 is 4.42 Å². The van der Waals surface area contributed by atoms with Crippen molar-refractivity contribution in [2.45, 2.75) is 20.0 Å².